The third kappa shape index (κ3) is 5.33. The van der Waals surface area contributed by atoms with Gasteiger partial charge in [0, 0.05) is 18.8 Å². The molecule has 0 unspecified atom stereocenters. The average molecular weight is 378 g/mol. The summed E-state index contributed by atoms with van der Waals surface area (Å²) in [5.41, 5.74) is 3.22. The van der Waals surface area contributed by atoms with E-state index in [0.717, 1.165) is 23.3 Å². The number of rotatable bonds is 8. The standard InChI is InChI=1S/C23H23FN2O2/c1-28-20-11-9-17(10-12-20)13-14-25-23(27)21-7-2-3-8-22(21)26-16-18-5-4-6-19(24)15-18/h2-12,15,26H,13-14,16H2,1H3,(H,25,27). The summed E-state index contributed by atoms with van der Waals surface area (Å²) in [6.07, 6.45) is 0.731. The number of benzene rings is 3. The van der Waals surface area contributed by atoms with Gasteiger partial charge in [0.2, 0.25) is 0 Å². The van der Waals surface area contributed by atoms with Crippen molar-refractivity contribution in [2.45, 2.75) is 13.0 Å². The van der Waals surface area contributed by atoms with Gasteiger partial charge in [-0.05, 0) is 53.9 Å². The maximum atomic E-state index is 13.3. The topological polar surface area (TPSA) is 50.4 Å². The van der Waals surface area contributed by atoms with Crippen LogP contribution in [0.25, 0.3) is 0 Å². The van der Waals surface area contributed by atoms with E-state index in [2.05, 4.69) is 10.6 Å². The van der Waals surface area contributed by atoms with Crippen LogP contribution in [0.15, 0.2) is 72.8 Å². The number of anilines is 1. The third-order valence-corrected chi connectivity index (χ3v) is 4.40. The molecule has 0 bridgehead atoms. The summed E-state index contributed by atoms with van der Waals surface area (Å²) in [4.78, 5) is 12.6. The molecule has 0 fully saturated rings. The summed E-state index contributed by atoms with van der Waals surface area (Å²) in [6.45, 7) is 0.970. The van der Waals surface area contributed by atoms with Gasteiger partial charge in [0.25, 0.3) is 5.91 Å². The van der Waals surface area contributed by atoms with Crippen molar-refractivity contribution >= 4 is 11.6 Å². The molecule has 0 aromatic heterocycles. The Morgan fingerprint density at radius 2 is 1.75 bits per heavy atom. The Balaban J connectivity index is 1.57. The molecule has 0 saturated heterocycles. The highest BCUT2D eigenvalue weighted by Gasteiger charge is 2.10. The number of methoxy groups -OCH3 is 1. The van der Waals surface area contributed by atoms with Crippen LogP contribution in [0.5, 0.6) is 5.75 Å². The molecule has 5 heteroatoms. The maximum Gasteiger partial charge on any atom is 0.253 e. The van der Waals surface area contributed by atoms with E-state index in [9.17, 15) is 9.18 Å². The maximum absolute atomic E-state index is 13.3. The second-order valence-corrected chi connectivity index (χ2v) is 6.38. The van der Waals surface area contributed by atoms with E-state index in [0.29, 0.717) is 24.3 Å². The van der Waals surface area contributed by atoms with E-state index in [1.54, 1.807) is 19.2 Å². The van der Waals surface area contributed by atoms with Crippen molar-refractivity contribution in [2.24, 2.45) is 0 Å². The first-order valence-corrected chi connectivity index (χ1v) is 9.14. The Morgan fingerprint density at radius 1 is 0.964 bits per heavy atom. The van der Waals surface area contributed by atoms with Gasteiger partial charge in [-0.2, -0.15) is 0 Å². The van der Waals surface area contributed by atoms with Crippen LogP contribution < -0.4 is 15.4 Å². The van der Waals surface area contributed by atoms with Crippen molar-refractivity contribution in [1.82, 2.24) is 5.32 Å². The van der Waals surface area contributed by atoms with Crippen LogP contribution in [0.2, 0.25) is 0 Å². The number of carbonyl (C=O) groups is 1. The minimum Gasteiger partial charge on any atom is -0.497 e. The first kappa shape index (κ1) is 19.4. The number of hydrogen-bond donors (Lipinski definition) is 2. The number of ether oxygens (including phenoxy) is 1. The third-order valence-electron chi connectivity index (χ3n) is 4.40. The molecule has 4 nitrogen and oxygen atoms in total. The van der Waals surface area contributed by atoms with E-state index < -0.39 is 0 Å². The summed E-state index contributed by atoms with van der Waals surface area (Å²) in [5.74, 6) is 0.394. The van der Waals surface area contributed by atoms with Crippen molar-refractivity contribution in [3.63, 3.8) is 0 Å². The SMILES string of the molecule is COc1ccc(CCNC(=O)c2ccccc2NCc2cccc(F)c2)cc1. The normalized spacial score (nSPS) is 10.4. The molecule has 144 valence electrons. The number of halogens is 1. The summed E-state index contributed by atoms with van der Waals surface area (Å²) < 4.78 is 18.5. The van der Waals surface area contributed by atoms with Crippen LogP contribution in [0, 0.1) is 5.82 Å². The zero-order valence-corrected chi connectivity index (χ0v) is 15.7. The average Bonchev–Trinajstić information content (AvgIpc) is 2.73. The molecule has 0 heterocycles. The molecule has 0 saturated carbocycles. The summed E-state index contributed by atoms with van der Waals surface area (Å²) >= 11 is 0. The minimum absolute atomic E-state index is 0.143. The zero-order valence-electron chi connectivity index (χ0n) is 15.7. The Morgan fingerprint density at radius 3 is 2.50 bits per heavy atom. The molecule has 28 heavy (non-hydrogen) atoms. The lowest BCUT2D eigenvalue weighted by Crippen LogP contribution is -2.26. The van der Waals surface area contributed by atoms with Gasteiger partial charge in [0.05, 0.1) is 12.7 Å². The summed E-state index contributed by atoms with van der Waals surface area (Å²) in [7, 11) is 1.63. The minimum atomic E-state index is -0.274. The molecule has 0 aliphatic heterocycles. The van der Waals surface area contributed by atoms with Crippen molar-refractivity contribution in [2.75, 3.05) is 19.0 Å². The second-order valence-electron chi connectivity index (χ2n) is 6.38. The number of hydrogen-bond acceptors (Lipinski definition) is 3. The molecule has 3 aromatic rings. The predicted molar refractivity (Wildman–Crippen MR) is 109 cm³/mol. The van der Waals surface area contributed by atoms with Crippen molar-refractivity contribution in [1.29, 1.82) is 0 Å². The van der Waals surface area contributed by atoms with Gasteiger partial charge >= 0.3 is 0 Å². The zero-order chi connectivity index (χ0) is 19.8. The van der Waals surface area contributed by atoms with Gasteiger partial charge in [-0.25, -0.2) is 4.39 Å². The van der Waals surface area contributed by atoms with Crippen molar-refractivity contribution < 1.29 is 13.9 Å². The van der Waals surface area contributed by atoms with Crippen LogP contribution in [0.1, 0.15) is 21.5 Å². The van der Waals surface area contributed by atoms with Crippen molar-refractivity contribution in [3.05, 3.63) is 95.3 Å². The van der Waals surface area contributed by atoms with Gasteiger partial charge in [-0.3, -0.25) is 4.79 Å². The second kappa shape index (κ2) is 9.55. The van der Waals surface area contributed by atoms with Crippen LogP contribution in [0.3, 0.4) is 0 Å². The monoisotopic (exact) mass is 378 g/mol. The van der Waals surface area contributed by atoms with E-state index in [-0.39, 0.29) is 11.7 Å². The highest BCUT2D eigenvalue weighted by Crippen LogP contribution is 2.17. The molecule has 2 N–H and O–H groups in total. The van der Waals surface area contributed by atoms with E-state index >= 15 is 0 Å². The van der Waals surface area contributed by atoms with Crippen LogP contribution in [0.4, 0.5) is 10.1 Å². The fourth-order valence-electron chi connectivity index (χ4n) is 2.89. The first-order chi connectivity index (χ1) is 13.7. The molecule has 0 atom stereocenters. The molecule has 0 aliphatic carbocycles. The highest BCUT2D eigenvalue weighted by atomic mass is 19.1. The van der Waals surface area contributed by atoms with E-state index in [4.69, 9.17) is 4.74 Å². The molecular formula is C23H23FN2O2. The Kier molecular flexibility index (Phi) is 6.63. The summed E-state index contributed by atoms with van der Waals surface area (Å²) in [6, 6.07) is 21.5. The fraction of sp³-hybridized carbons (Fsp3) is 0.174. The van der Waals surface area contributed by atoms with Gasteiger partial charge in [0.15, 0.2) is 0 Å². The summed E-state index contributed by atoms with van der Waals surface area (Å²) in [5, 5.41) is 6.17. The quantitative estimate of drug-likeness (QED) is 0.610. The molecule has 3 rings (SSSR count). The Bertz CT molecular complexity index is 926. The van der Waals surface area contributed by atoms with Crippen LogP contribution in [-0.2, 0) is 13.0 Å². The largest absolute Gasteiger partial charge is 0.497 e. The number of amides is 1. The highest BCUT2D eigenvalue weighted by molar-refractivity contribution is 5.99. The van der Waals surface area contributed by atoms with Gasteiger partial charge in [-0.15, -0.1) is 0 Å². The Labute approximate surface area is 164 Å². The molecule has 0 spiro atoms. The van der Waals surface area contributed by atoms with Crippen LogP contribution >= 0.6 is 0 Å². The predicted octanol–water partition coefficient (Wildman–Crippen LogP) is 4.42. The van der Waals surface area contributed by atoms with Gasteiger partial charge < -0.3 is 15.4 Å². The van der Waals surface area contributed by atoms with Gasteiger partial charge in [-0.1, -0.05) is 36.4 Å². The first-order valence-electron chi connectivity index (χ1n) is 9.14. The van der Waals surface area contributed by atoms with Gasteiger partial charge in [0.1, 0.15) is 11.6 Å². The molecule has 3 aromatic carbocycles. The lowest BCUT2D eigenvalue weighted by atomic mass is 10.1. The molecule has 0 radical (unpaired) electrons. The van der Waals surface area contributed by atoms with Crippen molar-refractivity contribution in [3.8, 4) is 5.75 Å². The fourth-order valence-corrected chi connectivity index (χ4v) is 2.89. The molecule has 1 amide bonds. The smallest absolute Gasteiger partial charge is 0.253 e. The molecular weight excluding hydrogens is 355 g/mol. The van der Waals surface area contributed by atoms with Crippen LogP contribution in [-0.4, -0.2) is 19.6 Å². The van der Waals surface area contributed by atoms with E-state index in [1.165, 1.54) is 12.1 Å². The number of para-hydroxylation sites is 1. The lowest BCUT2D eigenvalue weighted by molar-refractivity contribution is 0.0955. The number of nitrogens with one attached hydrogen (secondary N) is 2. The number of carbonyl (C=O) groups excluding carboxylic acids is 1. The molecule has 0 aliphatic rings. The Hall–Kier alpha value is -3.34. The lowest BCUT2D eigenvalue weighted by Gasteiger charge is -2.12. The van der Waals surface area contributed by atoms with E-state index in [1.807, 2.05) is 48.5 Å².